The largest absolute Gasteiger partial charge is 0.356 e. The minimum atomic E-state index is 0.0692. The van der Waals surface area contributed by atoms with Crippen LogP contribution in [-0.4, -0.2) is 75.8 Å². The second-order valence-electron chi connectivity index (χ2n) is 11.1. The van der Waals surface area contributed by atoms with Crippen LogP contribution < -0.4 is 4.90 Å². The molecule has 0 aromatic carbocycles. The molecule has 1 unspecified atom stereocenters. The molecule has 2 atom stereocenters. The maximum atomic E-state index is 13.0. The Hall–Kier alpha value is -2.64. The molecule has 35 heavy (non-hydrogen) atoms. The Morgan fingerprint density at radius 3 is 2.29 bits per heavy atom. The Bertz CT molecular complexity index is 1020. The zero-order valence-corrected chi connectivity index (χ0v) is 20.8. The first-order chi connectivity index (χ1) is 17.2. The van der Waals surface area contributed by atoms with Crippen molar-refractivity contribution in [1.29, 1.82) is 0 Å². The maximum absolute atomic E-state index is 13.0. The molecule has 8 nitrogen and oxygen atoms in total. The summed E-state index contributed by atoms with van der Waals surface area (Å²) < 4.78 is 0. The molecule has 1 aliphatic carbocycles. The van der Waals surface area contributed by atoms with Gasteiger partial charge < -0.3 is 19.7 Å². The molecule has 0 radical (unpaired) electrons. The van der Waals surface area contributed by atoms with E-state index >= 15 is 0 Å². The van der Waals surface area contributed by atoms with Gasteiger partial charge in [0.1, 0.15) is 11.6 Å². The number of carbonyl (C=O) groups is 2. The number of pyridine rings is 1. The molecule has 0 spiro atoms. The molecule has 0 bridgehead atoms. The molecule has 2 aromatic rings. The quantitative estimate of drug-likeness (QED) is 0.724. The first-order valence-corrected chi connectivity index (χ1v) is 13.8. The Morgan fingerprint density at radius 2 is 1.46 bits per heavy atom. The van der Waals surface area contributed by atoms with Crippen molar-refractivity contribution in [3.05, 3.63) is 18.0 Å². The maximum Gasteiger partial charge on any atom is 0.227 e. The van der Waals surface area contributed by atoms with E-state index in [-0.39, 0.29) is 17.8 Å². The van der Waals surface area contributed by atoms with Crippen LogP contribution in [-0.2, 0) is 9.59 Å². The normalized spacial score (nSPS) is 26.1. The van der Waals surface area contributed by atoms with Crippen molar-refractivity contribution in [2.75, 3.05) is 44.2 Å². The number of anilines is 1. The van der Waals surface area contributed by atoms with Crippen LogP contribution in [0.15, 0.2) is 12.1 Å². The third kappa shape index (κ3) is 4.64. The van der Waals surface area contributed by atoms with Gasteiger partial charge in [-0.2, -0.15) is 0 Å². The average molecular weight is 479 g/mol. The topological polar surface area (TPSA) is 85.4 Å². The van der Waals surface area contributed by atoms with Gasteiger partial charge in [-0.3, -0.25) is 9.59 Å². The predicted molar refractivity (Wildman–Crippen MR) is 135 cm³/mol. The van der Waals surface area contributed by atoms with Gasteiger partial charge in [-0.1, -0.05) is 12.8 Å². The first kappa shape index (κ1) is 22.8. The number of imidazole rings is 1. The molecule has 4 fully saturated rings. The van der Waals surface area contributed by atoms with Crippen molar-refractivity contribution in [2.45, 2.75) is 70.1 Å². The van der Waals surface area contributed by atoms with Gasteiger partial charge in [-0.25, -0.2) is 9.97 Å². The minimum absolute atomic E-state index is 0.0692. The SMILES string of the molecule is O=C(C1CCCC1)N1CCCC(c2nc3nc(N4CCC[C@@H](C(=O)N5CCCC5)C4)ccc3[nH]2)C1. The molecule has 6 rings (SSSR count). The third-order valence-corrected chi connectivity index (χ3v) is 8.69. The summed E-state index contributed by atoms with van der Waals surface area (Å²) in [5.74, 6) is 3.09. The van der Waals surface area contributed by atoms with Crippen molar-refractivity contribution < 1.29 is 9.59 Å². The number of nitrogens with one attached hydrogen (secondary N) is 1. The zero-order valence-electron chi connectivity index (χ0n) is 20.8. The van der Waals surface area contributed by atoms with Gasteiger partial charge in [-0.15, -0.1) is 0 Å². The van der Waals surface area contributed by atoms with Gasteiger partial charge in [-0.05, 0) is 63.5 Å². The highest BCUT2D eigenvalue weighted by Gasteiger charge is 2.33. The molecule has 1 saturated carbocycles. The van der Waals surface area contributed by atoms with Crippen molar-refractivity contribution in [1.82, 2.24) is 24.8 Å². The van der Waals surface area contributed by atoms with Crippen molar-refractivity contribution >= 4 is 28.8 Å². The molecule has 3 saturated heterocycles. The Balaban J connectivity index is 1.15. The number of aromatic nitrogens is 3. The second-order valence-corrected chi connectivity index (χ2v) is 11.1. The van der Waals surface area contributed by atoms with Crippen LogP contribution in [0.25, 0.3) is 11.2 Å². The number of nitrogens with zero attached hydrogens (tertiary/aromatic N) is 5. The molecule has 5 heterocycles. The molecule has 8 heteroatoms. The first-order valence-electron chi connectivity index (χ1n) is 13.8. The van der Waals surface area contributed by atoms with Crippen LogP contribution >= 0.6 is 0 Å². The number of carbonyl (C=O) groups excluding carboxylic acids is 2. The molecule has 1 N–H and O–H groups in total. The second kappa shape index (κ2) is 9.78. The fourth-order valence-electron chi connectivity index (χ4n) is 6.68. The van der Waals surface area contributed by atoms with Crippen molar-refractivity contribution in [3.63, 3.8) is 0 Å². The highest BCUT2D eigenvalue weighted by molar-refractivity contribution is 5.80. The van der Waals surface area contributed by atoms with Crippen LogP contribution in [0.1, 0.15) is 76.0 Å². The van der Waals surface area contributed by atoms with Crippen molar-refractivity contribution in [2.24, 2.45) is 11.8 Å². The van der Waals surface area contributed by atoms with Crippen LogP contribution in [0.5, 0.6) is 0 Å². The van der Waals surface area contributed by atoms with E-state index < -0.39 is 0 Å². The molecule has 188 valence electrons. The van der Waals surface area contributed by atoms with E-state index in [4.69, 9.17) is 9.97 Å². The van der Waals surface area contributed by atoms with E-state index in [9.17, 15) is 9.59 Å². The summed E-state index contributed by atoms with van der Waals surface area (Å²) >= 11 is 0. The van der Waals surface area contributed by atoms with Gasteiger partial charge in [0.2, 0.25) is 11.8 Å². The fourth-order valence-corrected chi connectivity index (χ4v) is 6.68. The summed E-state index contributed by atoms with van der Waals surface area (Å²) in [7, 11) is 0. The molecule has 2 aromatic heterocycles. The van der Waals surface area contributed by atoms with E-state index in [1.807, 2.05) is 0 Å². The van der Waals surface area contributed by atoms with E-state index in [0.717, 1.165) is 113 Å². The Morgan fingerprint density at radius 1 is 0.743 bits per heavy atom. The van der Waals surface area contributed by atoms with Gasteiger partial charge in [0.15, 0.2) is 5.65 Å². The van der Waals surface area contributed by atoms with E-state index in [2.05, 4.69) is 31.8 Å². The lowest BCUT2D eigenvalue weighted by molar-refractivity contribution is -0.136. The summed E-state index contributed by atoms with van der Waals surface area (Å²) in [6, 6.07) is 4.13. The Kier molecular flexibility index (Phi) is 6.37. The van der Waals surface area contributed by atoms with Gasteiger partial charge in [0, 0.05) is 51.1 Å². The number of hydrogen-bond donors (Lipinski definition) is 1. The predicted octanol–water partition coefficient (Wildman–Crippen LogP) is 3.69. The number of likely N-dealkylation sites (tertiary alicyclic amines) is 2. The van der Waals surface area contributed by atoms with Crippen LogP contribution in [0, 0.1) is 11.8 Å². The lowest BCUT2D eigenvalue weighted by Crippen LogP contribution is -2.44. The molecular formula is C27H38N6O2. The van der Waals surface area contributed by atoms with Crippen LogP contribution in [0.3, 0.4) is 0 Å². The minimum Gasteiger partial charge on any atom is -0.356 e. The number of piperidine rings is 2. The van der Waals surface area contributed by atoms with Crippen LogP contribution in [0.2, 0.25) is 0 Å². The Labute approximate surface area is 207 Å². The summed E-state index contributed by atoms with van der Waals surface area (Å²) in [4.78, 5) is 45.6. The summed E-state index contributed by atoms with van der Waals surface area (Å²) in [5, 5.41) is 0. The summed E-state index contributed by atoms with van der Waals surface area (Å²) in [6.07, 6.45) is 10.8. The van der Waals surface area contributed by atoms with E-state index in [0.29, 0.717) is 11.8 Å². The third-order valence-electron chi connectivity index (χ3n) is 8.69. The summed E-state index contributed by atoms with van der Waals surface area (Å²) in [6.45, 7) is 5.14. The summed E-state index contributed by atoms with van der Waals surface area (Å²) in [5.41, 5.74) is 1.69. The average Bonchev–Trinajstić information content (AvgIpc) is 3.69. The molecular weight excluding hydrogens is 440 g/mol. The lowest BCUT2D eigenvalue weighted by Gasteiger charge is -2.34. The van der Waals surface area contributed by atoms with Gasteiger partial charge in [0.25, 0.3) is 0 Å². The van der Waals surface area contributed by atoms with E-state index in [1.165, 1.54) is 12.8 Å². The molecule has 2 amide bonds. The van der Waals surface area contributed by atoms with Gasteiger partial charge >= 0.3 is 0 Å². The number of hydrogen-bond acceptors (Lipinski definition) is 5. The van der Waals surface area contributed by atoms with Crippen LogP contribution in [0.4, 0.5) is 5.82 Å². The number of H-pyrrole nitrogens is 1. The number of fused-ring (bicyclic) bond motifs is 1. The van der Waals surface area contributed by atoms with E-state index in [1.54, 1.807) is 0 Å². The molecule has 4 aliphatic rings. The standard InChI is InChI=1S/C27H38N6O2/c34-26(19-7-1-2-8-19)33-16-5-9-20(17-33)24-28-22-11-12-23(29-25(22)30-24)32-15-6-10-21(18-32)27(35)31-13-3-4-14-31/h11-12,19-21H,1-10,13-18H2,(H,28,29,30)/t20?,21-/m1/s1. The zero-order chi connectivity index (χ0) is 23.8. The van der Waals surface area contributed by atoms with Gasteiger partial charge in [0.05, 0.1) is 11.4 Å². The monoisotopic (exact) mass is 478 g/mol. The van der Waals surface area contributed by atoms with Crippen molar-refractivity contribution in [3.8, 4) is 0 Å². The number of rotatable bonds is 4. The fraction of sp³-hybridized carbons (Fsp3) is 0.704. The molecule has 3 aliphatic heterocycles. The smallest absolute Gasteiger partial charge is 0.227 e. The highest BCUT2D eigenvalue weighted by atomic mass is 16.2. The highest BCUT2D eigenvalue weighted by Crippen LogP contribution is 2.32. The lowest BCUT2D eigenvalue weighted by atomic mass is 9.95. The number of amides is 2. The number of aromatic amines is 1.